The summed E-state index contributed by atoms with van der Waals surface area (Å²) in [6.07, 6.45) is 5.04. The first-order valence-corrected chi connectivity index (χ1v) is 12.6. The summed E-state index contributed by atoms with van der Waals surface area (Å²) in [7, 11) is 0. The highest BCUT2D eigenvalue weighted by molar-refractivity contribution is 7.99. The van der Waals surface area contributed by atoms with Gasteiger partial charge < -0.3 is 4.90 Å². The highest BCUT2D eigenvalue weighted by Crippen LogP contribution is 2.60. The van der Waals surface area contributed by atoms with Gasteiger partial charge in [0.2, 0.25) is 5.91 Å². The van der Waals surface area contributed by atoms with Crippen molar-refractivity contribution in [1.29, 1.82) is 0 Å². The molecule has 6 heteroatoms. The lowest BCUT2D eigenvalue weighted by Gasteiger charge is -2.38. The predicted molar refractivity (Wildman–Crippen MR) is 113 cm³/mol. The van der Waals surface area contributed by atoms with Gasteiger partial charge >= 0.3 is 0 Å². The van der Waals surface area contributed by atoms with Crippen LogP contribution in [0.15, 0.2) is 17.5 Å². The van der Waals surface area contributed by atoms with E-state index in [0.717, 1.165) is 45.2 Å². The van der Waals surface area contributed by atoms with Gasteiger partial charge in [-0.05, 0) is 61.4 Å². The summed E-state index contributed by atoms with van der Waals surface area (Å²) in [5, 5.41) is 2.15. The molecule has 1 amide bonds. The number of carbonyl (C=O) groups is 1. The van der Waals surface area contributed by atoms with Crippen molar-refractivity contribution in [2.45, 2.75) is 38.3 Å². The minimum absolute atomic E-state index is 0.335. The fourth-order valence-electron chi connectivity index (χ4n) is 5.36. The maximum Gasteiger partial charge on any atom is 0.226 e. The van der Waals surface area contributed by atoms with Gasteiger partial charge in [0, 0.05) is 55.3 Å². The summed E-state index contributed by atoms with van der Waals surface area (Å²) >= 11 is 3.95. The average molecular weight is 406 g/mol. The van der Waals surface area contributed by atoms with Crippen molar-refractivity contribution in [2.75, 3.05) is 50.8 Å². The number of carbonyl (C=O) groups excluding carboxylic acids is 1. The van der Waals surface area contributed by atoms with Gasteiger partial charge in [0.05, 0.1) is 0 Å². The number of thiophene rings is 1. The van der Waals surface area contributed by atoms with E-state index in [9.17, 15) is 4.79 Å². The van der Waals surface area contributed by atoms with Crippen LogP contribution in [-0.2, 0) is 11.3 Å². The largest absolute Gasteiger partial charge is 0.340 e. The molecule has 4 nitrogen and oxygen atoms in total. The van der Waals surface area contributed by atoms with E-state index in [1.54, 1.807) is 0 Å². The Morgan fingerprint density at radius 1 is 1.15 bits per heavy atom. The molecule has 0 N–H and O–H groups in total. The number of piperidine rings is 1. The molecule has 5 rings (SSSR count). The van der Waals surface area contributed by atoms with E-state index >= 15 is 0 Å². The molecule has 0 radical (unpaired) electrons. The lowest BCUT2D eigenvalue weighted by atomic mass is 9.89. The van der Waals surface area contributed by atoms with Crippen LogP contribution < -0.4 is 0 Å². The standard InChI is InChI=1S/C21H31N3OS2/c25-20(24-10-8-22(9-11-24)15-18-2-1-12-27-18)19-14-21(19)4-6-23(7-5-21)17-3-13-26-16-17/h1-2,12,17,19H,3-11,13-16H2. The quantitative estimate of drug-likeness (QED) is 0.769. The van der Waals surface area contributed by atoms with Gasteiger partial charge in [-0.15, -0.1) is 11.3 Å². The van der Waals surface area contributed by atoms with Crippen molar-refractivity contribution < 1.29 is 4.79 Å². The molecule has 2 unspecified atom stereocenters. The van der Waals surface area contributed by atoms with Gasteiger partial charge in [0.1, 0.15) is 0 Å². The van der Waals surface area contributed by atoms with E-state index in [2.05, 4.69) is 44.0 Å². The third-order valence-electron chi connectivity index (χ3n) is 7.35. The molecule has 1 saturated carbocycles. The van der Waals surface area contributed by atoms with E-state index in [1.807, 2.05) is 11.3 Å². The smallest absolute Gasteiger partial charge is 0.226 e. The van der Waals surface area contributed by atoms with Crippen LogP contribution >= 0.6 is 23.1 Å². The molecule has 4 aliphatic rings. The highest BCUT2D eigenvalue weighted by Gasteiger charge is 2.59. The molecule has 1 aromatic heterocycles. The molecular weight excluding hydrogens is 374 g/mol. The number of thioether (sulfide) groups is 1. The van der Waals surface area contributed by atoms with E-state index in [-0.39, 0.29) is 0 Å². The Labute approximate surface area is 171 Å². The Morgan fingerprint density at radius 2 is 1.96 bits per heavy atom. The van der Waals surface area contributed by atoms with E-state index in [1.165, 1.54) is 48.7 Å². The van der Waals surface area contributed by atoms with Gasteiger partial charge in [0.15, 0.2) is 0 Å². The molecule has 4 heterocycles. The SMILES string of the molecule is O=C(C1CC12CCN(C1CCSC1)CC2)N1CCN(Cc2cccs2)CC1. The Hall–Kier alpha value is -0.560. The van der Waals surface area contributed by atoms with Crippen LogP contribution in [-0.4, -0.2) is 77.4 Å². The summed E-state index contributed by atoms with van der Waals surface area (Å²) in [6.45, 7) is 7.38. The Balaban J connectivity index is 1.09. The van der Waals surface area contributed by atoms with E-state index < -0.39 is 0 Å². The maximum absolute atomic E-state index is 13.1. The number of rotatable bonds is 4. The summed E-state index contributed by atoms with van der Waals surface area (Å²) in [4.78, 5) is 21.9. The second-order valence-electron chi connectivity index (χ2n) is 8.85. The zero-order valence-electron chi connectivity index (χ0n) is 16.1. The van der Waals surface area contributed by atoms with Crippen LogP contribution in [0, 0.1) is 11.3 Å². The molecule has 1 aliphatic carbocycles. The molecule has 2 atom stereocenters. The number of hydrogen-bond donors (Lipinski definition) is 0. The maximum atomic E-state index is 13.1. The molecule has 3 aliphatic heterocycles. The van der Waals surface area contributed by atoms with Crippen LogP contribution in [0.25, 0.3) is 0 Å². The van der Waals surface area contributed by atoms with Gasteiger partial charge in [-0.25, -0.2) is 0 Å². The molecule has 0 aromatic carbocycles. The van der Waals surface area contributed by atoms with Crippen molar-refractivity contribution in [3.05, 3.63) is 22.4 Å². The van der Waals surface area contributed by atoms with E-state index in [0.29, 0.717) is 17.2 Å². The minimum Gasteiger partial charge on any atom is -0.340 e. The first-order chi connectivity index (χ1) is 13.2. The second kappa shape index (κ2) is 7.69. The molecule has 3 saturated heterocycles. The van der Waals surface area contributed by atoms with Gasteiger partial charge in [-0.3, -0.25) is 14.6 Å². The monoisotopic (exact) mass is 405 g/mol. The van der Waals surface area contributed by atoms with Crippen LogP contribution in [0.2, 0.25) is 0 Å². The number of likely N-dealkylation sites (tertiary alicyclic amines) is 1. The van der Waals surface area contributed by atoms with Crippen LogP contribution in [0.1, 0.15) is 30.6 Å². The normalized spacial score (nSPS) is 31.5. The average Bonchev–Trinajstić information content (AvgIpc) is 3.12. The third-order valence-corrected chi connectivity index (χ3v) is 9.35. The molecule has 0 bridgehead atoms. The van der Waals surface area contributed by atoms with E-state index in [4.69, 9.17) is 0 Å². The zero-order chi connectivity index (χ0) is 18.3. The topological polar surface area (TPSA) is 26.8 Å². The lowest BCUT2D eigenvalue weighted by molar-refractivity contribution is -0.135. The summed E-state index contributed by atoms with van der Waals surface area (Å²) in [6, 6.07) is 5.16. The second-order valence-corrected chi connectivity index (χ2v) is 11.0. The van der Waals surface area contributed by atoms with Crippen molar-refractivity contribution in [1.82, 2.24) is 14.7 Å². The molecule has 1 spiro atoms. The number of nitrogens with zero attached hydrogens (tertiary/aromatic N) is 3. The van der Waals surface area contributed by atoms with Gasteiger partial charge in [-0.2, -0.15) is 11.8 Å². The van der Waals surface area contributed by atoms with Crippen LogP contribution in [0.5, 0.6) is 0 Å². The summed E-state index contributed by atoms with van der Waals surface area (Å²) in [5.74, 6) is 3.47. The Bertz CT molecular complexity index is 642. The first kappa shape index (κ1) is 18.5. The molecular formula is C21H31N3OS2. The fourth-order valence-corrected chi connectivity index (χ4v) is 7.36. The Kier molecular flexibility index (Phi) is 5.26. The summed E-state index contributed by atoms with van der Waals surface area (Å²) in [5.41, 5.74) is 0.368. The molecule has 148 valence electrons. The number of amides is 1. The van der Waals surface area contributed by atoms with Crippen LogP contribution in [0.3, 0.4) is 0 Å². The minimum atomic E-state index is 0.335. The molecule has 4 fully saturated rings. The van der Waals surface area contributed by atoms with Crippen LogP contribution in [0.4, 0.5) is 0 Å². The zero-order valence-corrected chi connectivity index (χ0v) is 17.8. The Morgan fingerprint density at radius 3 is 2.63 bits per heavy atom. The summed E-state index contributed by atoms with van der Waals surface area (Å²) < 4.78 is 0. The first-order valence-electron chi connectivity index (χ1n) is 10.6. The molecule has 1 aromatic rings. The molecule has 27 heavy (non-hydrogen) atoms. The highest BCUT2D eigenvalue weighted by atomic mass is 32.2. The van der Waals surface area contributed by atoms with Crippen molar-refractivity contribution in [3.8, 4) is 0 Å². The number of hydrogen-bond acceptors (Lipinski definition) is 5. The third kappa shape index (κ3) is 3.83. The lowest BCUT2D eigenvalue weighted by Crippen LogP contribution is -2.49. The predicted octanol–water partition coefficient (Wildman–Crippen LogP) is 3.00. The van der Waals surface area contributed by atoms with Crippen molar-refractivity contribution in [3.63, 3.8) is 0 Å². The van der Waals surface area contributed by atoms with Crippen molar-refractivity contribution >= 4 is 29.0 Å². The fraction of sp³-hybridized carbons (Fsp3) is 0.762. The van der Waals surface area contributed by atoms with Crippen molar-refractivity contribution in [2.24, 2.45) is 11.3 Å². The van der Waals surface area contributed by atoms with Gasteiger partial charge in [-0.1, -0.05) is 6.07 Å². The van der Waals surface area contributed by atoms with Gasteiger partial charge in [0.25, 0.3) is 0 Å². The number of piperazine rings is 1.